The average Bonchev–Trinajstić information content (AvgIpc) is 3.24. The minimum atomic E-state index is -0.275. The number of furan rings is 1. The van der Waals surface area contributed by atoms with E-state index in [4.69, 9.17) is 13.9 Å². The van der Waals surface area contributed by atoms with Crippen molar-refractivity contribution in [1.82, 2.24) is 10.6 Å². The van der Waals surface area contributed by atoms with Crippen LogP contribution in [0.1, 0.15) is 48.3 Å². The van der Waals surface area contributed by atoms with Gasteiger partial charge in [-0.25, -0.2) is 0 Å². The van der Waals surface area contributed by atoms with E-state index in [1.807, 2.05) is 25.1 Å². The highest BCUT2D eigenvalue weighted by Crippen LogP contribution is 2.33. The Morgan fingerprint density at radius 3 is 2.70 bits per heavy atom. The van der Waals surface area contributed by atoms with Crippen molar-refractivity contribution < 1.29 is 23.5 Å². The molecule has 0 spiro atoms. The van der Waals surface area contributed by atoms with Crippen LogP contribution < -0.4 is 20.1 Å². The molecule has 0 fully saturated rings. The standard InChI is InChI=1S/C20H24N2O5/c1-2-15(14-7-8-16-18(13-14)27-12-11-26-16)22-19(23)6-3-9-21-20(24)17-5-4-10-25-17/h4-5,7-8,10,13,15H,2-3,6,9,11-12H2,1H3,(H,21,24)(H,22,23). The summed E-state index contributed by atoms with van der Waals surface area (Å²) in [6.45, 7) is 3.51. The van der Waals surface area contributed by atoms with E-state index < -0.39 is 0 Å². The number of hydrogen-bond donors (Lipinski definition) is 2. The molecule has 7 heteroatoms. The van der Waals surface area contributed by atoms with E-state index in [0.29, 0.717) is 38.3 Å². The second kappa shape index (κ2) is 9.12. The number of amides is 2. The summed E-state index contributed by atoms with van der Waals surface area (Å²) in [7, 11) is 0. The number of benzene rings is 1. The molecule has 3 rings (SSSR count). The van der Waals surface area contributed by atoms with E-state index in [1.165, 1.54) is 6.26 Å². The quantitative estimate of drug-likeness (QED) is 0.696. The van der Waals surface area contributed by atoms with Gasteiger partial charge in [0, 0.05) is 13.0 Å². The second-order valence-corrected chi connectivity index (χ2v) is 6.27. The topological polar surface area (TPSA) is 89.8 Å². The lowest BCUT2D eigenvalue weighted by atomic mass is 10.0. The first-order valence-electron chi connectivity index (χ1n) is 9.18. The Hall–Kier alpha value is -2.96. The molecule has 1 atom stereocenters. The molecule has 1 unspecified atom stereocenters. The van der Waals surface area contributed by atoms with Gasteiger partial charge < -0.3 is 24.5 Å². The van der Waals surface area contributed by atoms with Crippen LogP contribution in [0, 0.1) is 0 Å². The van der Waals surface area contributed by atoms with Gasteiger partial charge in [0.1, 0.15) is 13.2 Å². The molecule has 2 aromatic rings. The van der Waals surface area contributed by atoms with Crippen LogP contribution in [0.25, 0.3) is 0 Å². The molecule has 0 saturated heterocycles. The number of rotatable bonds is 8. The Balaban J connectivity index is 1.45. The number of ether oxygens (including phenoxy) is 2. The fourth-order valence-corrected chi connectivity index (χ4v) is 2.91. The van der Waals surface area contributed by atoms with Crippen LogP contribution in [-0.2, 0) is 4.79 Å². The lowest BCUT2D eigenvalue weighted by molar-refractivity contribution is -0.122. The lowest BCUT2D eigenvalue weighted by Gasteiger charge is -2.22. The first-order chi connectivity index (χ1) is 13.2. The number of fused-ring (bicyclic) bond motifs is 1. The van der Waals surface area contributed by atoms with Gasteiger partial charge in [-0.05, 0) is 42.7 Å². The maximum atomic E-state index is 12.2. The molecule has 0 radical (unpaired) electrons. The zero-order valence-corrected chi connectivity index (χ0v) is 15.3. The minimum absolute atomic E-state index is 0.0519. The smallest absolute Gasteiger partial charge is 0.286 e. The van der Waals surface area contributed by atoms with Gasteiger partial charge in [0.2, 0.25) is 5.91 Å². The molecular formula is C20H24N2O5. The summed E-state index contributed by atoms with van der Waals surface area (Å²) in [5, 5.41) is 5.77. The van der Waals surface area contributed by atoms with Crippen LogP contribution in [-0.4, -0.2) is 31.6 Å². The van der Waals surface area contributed by atoms with Crippen molar-refractivity contribution >= 4 is 11.8 Å². The molecule has 1 aromatic heterocycles. The van der Waals surface area contributed by atoms with E-state index in [9.17, 15) is 9.59 Å². The monoisotopic (exact) mass is 372 g/mol. The third-order valence-corrected chi connectivity index (χ3v) is 4.32. The summed E-state index contributed by atoms with van der Waals surface area (Å²) in [6, 6.07) is 8.92. The Bertz CT molecular complexity index is 773. The summed E-state index contributed by atoms with van der Waals surface area (Å²) >= 11 is 0. The van der Waals surface area contributed by atoms with Crippen molar-refractivity contribution in [2.24, 2.45) is 0 Å². The normalized spacial score (nSPS) is 13.7. The number of carbonyl (C=O) groups excluding carboxylic acids is 2. The van der Waals surface area contributed by atoms with Crippen LogP contribution >= 0.6 is 0 Å². The van der Waals surface area contributed by atoms with Crippen LogP contribution in [0.15, 0.2) is 41.0 Å². The van der Waals surface area contributed by atoms with Crippen LogP contribution in [0.3, 0.4) is 0 Å². The van der Waals surface area contributed by atoms with Gasteiger partial charge in [0.25, 0.3) is 5.91 Å². The fraction of sp³-hybridized carbons (Fsp3) is 0.400. The van der Waals surface area contributed by atoms with Crippen LogP contribution in [0.4, 0.5) is 0 Å². The highest BCUT2D eigenvalue weighted by atomic mass is 16.6. The molecule has 144 valence electrons. The fourth-order valence-electron chi connectivity index (χ4n) is 2.91. The summed E-state index contributed by atoms with van der Waals surface area (Å²) in [4.78, 5) is 24.0. The van der Waals surface area contributed by atoms with Gasteiger partial charge in [0.15, 0.2) is 17.3 Å². The van der Waals surface area contributed by atoms with Gasteiger partial charge in [-0.3, -0.25) is 9.59 Å². The summed E-state index contributed by atoms with van der Waals surface area (Å²) in [5.41, 5.74) is 0.987. The maximum absolute atomic E-state index is 12.2. The molecule has 27 heavy (non-hydrogen) atoms. The number of nitrogens with one attached hydrogen (secondary N) is 2. The molecule has 2 heterocycles. The van der Waals surface area contributed by atoms with Gasteiger partial charge in [-0.1, -0.05) is 13.0 Å². The van der Waals surface area contributed by atoms with Crippen molar-refractivity contribution in [2.45, 2.75) is 32.2 Å². The SMILES string of the molecule is CCC(NC(=O)CCCNC(=O)c1ccco1)c1ccc2c(c1)OCCO2. The van der Waals surface area contributed by atoms with E-state index in [-0.39, 0.29) is 23.6 Å². The van der Waals surface area contributed by atoms with Gasteiger partial charge in [0.05, 0.1) is 12.3 Å². The molecule has 0 bridgehead atoms. The summed E-state index contributed by atoms with van der Waals surface area (Å²) < 4.78 is 16.2. The molecule has 2 N–H and O–H groups in total. The molecule has 1 aliphatic rings. The minimum Gasteiger partial charge on any atom is -0.486 e. The predicted octanol–water partition coefficient (Wildman–Crippen LogP) is 2.83. The molecule has 7 nitrogen and oxygen atoms in total. The largest absolute Gasteiger partial charge is 0.486 e. The van der Waals surface area contributed by atoms with Crippen LogP contribution in [0.2, 0.25) is 0 Å². The van der Waals surface area contributed by atoms with Crippen molar-refractivity contribution in [1.29, 1.82) is 0 Å². The molecule has 1 aromatic carbocycles. The molecular weight excluding hydrogens is 348 g/mol. The number of hydrogen-bond acceptors (Lipinski definition) is 5. The first-order valence-corrected chi connectivity index (χ1v) is 9.18. The van der Waals surface area contributed by atoms with Crippen LogP contribution in [0.5, 0.6) is 11.5 Å². The van der Waals surface area contributed by atoms with E-state index >= 15 is 0 Å². The highest BCUT2D eigenvalue weighted by molar-refractivity contribution is 5.91. The zero-order chi connectivity index (χ0) is 19.1. The van der Waals surface area contributed by atoms with Crippen molar-refractivity contribution in [3.05, 3.63) is 47.9 Å². The van der Waals surface area contributed by atoms with Crippen molar-refractivity contribution in [3.63, 3.8) is 0 Å². The Kier molecular flexibility index (Phi) is 6.35. The Labute approximate surface area is 158 Å². The Morgan fingerprint density at radius 2 is 1.96 bits per heavy atom. The van der Waals surface area contributed by atoms with Gasteiger partial charge >= 0.3 is 0 Å². The van der Waals surface area contributed by atoms with E-state index in [0.717, 1.165) is 17.7 Å². The first kappa shape index (κ1) is 18.8. The molecule has 0 saturated carbocycles. The van der Waals surface area contributed by atoms with Crippen molar-refractivity contribution in [2.75, 3.05) is 19.8 Å². The van der Waals surface area contributed by atoms with Gasteiger partial charge in [-0.15, -0.1) is 0 Å². The third-order valence-electron chi connectivity index (χ3n) is 4.32. The highest BCUT2D eigenvalue weighted by Gasteiger charge is 2.17. The summed E-state index contributed by atoms with van der Waals surface area (Å²) in [6.07, 6.45) is 3.10. The second-order valence-electron chi connectivity index (χ2n) is 6.27. The molecule has 2 amide bonds. The van der Waals surface area contributed by atoms with Crippen molar-refractivity contribution in [3.8, 4) is 11.5 Å². The average molecular weight is 372 g/mol. The lowest BCUT2D eigenvalue weighted by Crippen LogP contribution is -2.30. The van der Waals surface area contributed by atoms with E-state index in [1.54, 1.807) is 12.1 Å². The zero-order valence-electron chi connectivity index (χ0n) is 15.3. The summed E-state index contributed by atoms with van der Waals surface area (Å²) in [5.74, 6) is 1.39. The molecule has 0 aliphatic carbocycles. The van der Waals surface area contributed by atoms with Gasteiger partial charge in [-0.2, -0.15) is 0 Å². The van der Waals surface area contributed by atoms with E-state index in [2.05, 4.69) is 10.6 Å². The third kappa shape index (κ3) is 5.03. The predicted molar refractivity (Wildman–Crippen MR) is 98.9 cm³/mol. The maximum Gasteiger partial charge on any atom is 0.286 e. The molecule has 1 aliphatic heterocycles. The number of carbonyl (C=O) groups is 2. The Morgan fingerprint density at radius 1 is 1.15 bits per heavy atom.